The van der Waals surface area contributed by atoms with E-state index in [1.807, 2.05) is 40.2 Å². The molecule has 0 saturated carbocycles. The van der Waals surface area contributed by atoms with E-state index in [-0.39, 0.29) is 5.41 Å². The van der Waals surface area contributed by atoms with Gasteiger partial charge in [0.15, 0.2) is 0 Å². The molecule has 0 radical (unpaired) electrons. The van der Waals surface area contributed by atoms with E-state index < -0.39 is 0 Å². The SMILES string of the molecule is Cc1csc2c1ccc1c2sc2ccnc(-c3cc(C(C)(C)C)c4sccc4c3)c21. The van der Waals surface area contributed by atoms with Crippen molar-refractivity contribution in [3.8, 4) is 11.3 Å². The largest absolute Gasteiger partial charge is 0.256 e. The van der Waals surface area contributed by atoms with Crippen LogP contribution in [0.5, 0.6) is 0 Å². The van der Waals surface area contributed by atoms with Gasteiger partial charge in [0.05, 0.1) is 15.1 Å². The molecule has 0 amide bonds. The van der Waals surface area contributed by atoms with Gasteiger partial charge in [-0.1, -0.05) is 32.9 Å². The monoisotopic (exact) mass is 443 g/mol. The molecule has 4 heterocycles. The molecule has 0 fully saturated rings. The van der Waals surface area contributed by atoms with Crippen molar-refractivity contribution in [2.45, 2.75) is 33.1 Å². The highest BCUT2D eigenvalue weighted by Gasteiger charge is 2.21. The molecule has 0 atom stereocenters. The molecule has 0 spiro atoms. The Labute approximate surface area is 187 Å². The Balaban J connectivity index is 1.72. The van der Waals surface area contributed by atoms with Crippen molar-refractivity contribution in [2.24, 2.45) is 0 Å². The normalized spacial score (nSPS) is 12.7. The van der Waals surface area contributed by atoms with Gasteiger partial charge in [0.25, 0.3) is 0 Å². The first-order valence-corrected chi connectivity index (χ1v) is 12.7. The Morgan fingerprint density at radius 3 is 2.53 bits per heavy atom. The summed E-state index contributed by atoms with van der Waals surface area (Å²) in [7, 11) is 0. The molecule has 2 aromatic carbocycles. The molecule has 4 aromatic heterocycles. The first-order chi connectivity index (χ1) is 14.4. The van der Waals surface area contributed by atoms with Gasteiger partial charge < -0.3 is 0 Å². The lowest BCUT2D eigenvalue weighted by molar-refractivity contribution is 0.597. The first kappa shape index (κ1) is 18.5. The zero-order valence-electron chi connectivity index (χ0n) is 17.4. The number of rotatable bonds is 1. The lowest BCUT2D eigenvalue weighted by Gasteiger charge is -2.21. The van der Waals surface area contributed by atoms with E-state index in [0.717, 1.165) is 5.69 Å². The Morgan fingerprint density at radius 2 is 1.70 bits per heavy atom. The maximum Gasteiger partial charge on any atom is 0.0795 e. The van der Waals surface area contributed by atoms with Crippen LogP contribution in [-0.4, -0.2) is 4.98 Å². The molecule has 6 aromatic rings. The molecule has 0 bridgehead atoms. The van der Waals surface area contributed by atoms with Crippen molar-refractivity contribution in [3.63, 3.8) is 0 Å². The predicted octanol–water partition coefficient (Wildman–Crippen LogP) is 9.15. The standard InChI is InChI=1S/C26H21NS3/c1-14-13-29-24-17(14)5-6-18-21-20(30-25(18)24)7-9-27-22(21)16-11-15-8-10-28-23(15)19(12-16)26(2,3)4/h5-13H,1-4H3. The number of thiophene rings is 3. The summed E-state index contributed by atoms with van der Waals surface area (Å²) in [6, 6.07) is 13.7. The third-order valence-electron chi connectivity index (χ3n) is 5.92. The third kappa shape index (κ3) is 2.60. The van der Waals surface area contributed by atoms with Crippen molar-refractivity contribution in [3.05, 3.63) is 64.5 Å². The number of hydrogen-bond donors (Lipinski definition) is 0. The quantitative estimate of drug-likeness (QED) is 0.247. The minimum Gasteiger partial charge on any atom is -0.256 e. The molecule has 30 heavy (non-hydrogen) atoms. The highest BCUT2D eigenvalue weighted by molar-refractivity contribution is 7.30. The summed E-state index contributed by atoms with van der Waals surface area (Å²) in [6.45, 7) is 9.11. The van der Waals surface area contributed by atoms with Gasteiger partial charge in [0.2, 0.25) is 0 Å². The number of hydrogen-bond acceptors (Lipinski definition) is 4. The number of aromatic nitrogens is 1. The second kappa shape index (κ2) is 6.36. The van der Waals surface area contributed by atoms with Crippen molar-refractivity contribution >= 4 is 74.4 Å². The molecule has 6 rings (SSSR count). The summed E-state index contributed by atoms with van der Waals surface area (Å²) in [4.78, 5) is 4.91. The van der Waals surface area contributed by atoms with Crippen LogP contribution < -0.4 is 0 Å². The first-order valence-electron chi connectivity index (χ1n) is 10.1. The fourth-order valence-corrected chi connectivity index (χ4v) is 7.90. The molecular weight excluding hydrogens is 422 g/mol. The molecular formula is C26H21NS3. The summed E-state index contributed by atoms with van der Waals surface area (Å²) in [6.07, 6.45) is 1.97. The van der Waals surface area contributed by atoms with Crippen molar-refractivity contribution < 1.29 is 0 Å². The van der Waals surface area contributed by atoms with Crippen LogP contribution in [0.2, 0.25) is 0 Å². The number of fused-ring (bicyclic) bond motifs is 6. The van der Waals surface area contributed by atoms with Gasteiger partial charge in [0, 0.05) is 31.9 Å². The highest BCUT2D eigenvalue weighted by Crippen LogP contribution is 2.45. The van der Waals surface area contributed by atoms with Crippen molar-refractivity contribution in [2.75, 3.05) is 0 Å². The van der Waals surface area contributed by atoms with E-state index in [1.54, 1.807) is 0 Å². The zero-order chi connectivity index (χ0) is 20.6. The van der Waals surface area contributed by atoms with Crippen LogP contribution in [0.25, 0.3) is 51.6 Å². The minimum absolute atomic E-state index is 0.0877. The van der Waals surface area contributed by atoms with Gasteiger partial charge in [-0.2, -0.15) is 0 Å². The van der Waals surface area contributed by atoms with Gasteiger partial charge in [-0.15, -0.1) is 34.0 Å². The lowest BCUT2D eigenvalue weighted by atomic mass is 9.85. The van der Waals surface area contributed by atoms with Crippen LogP contribution in [0.1, 0.15) is 31.9 Å². The molecule has 0 aliphatic carbocycles. The van der Waals surface area contributed by atoms with Gasteiger partial charge in [-0.3, -0.25) is 4.98 Å². The van der Waals surface area contributed by atoms with Crippen LogP contribution in [-0.2, 0) is 5.41 Å². The van der Waals surface area contributed by atoms with Crippen molar-refractivity contribution in [1.29, 1.82) is 0 Å². The maximum absolute atomic E-state index is 4.91. The fourth-order valence-electron chi connectivity index (χ4n) is 4.39. The lowest BCUT2D eigenvalue weighted by Crippen LogP contribution is -2.11. The maximum atomic E-state index is 4.91. The zero-order valence-corrected chi connectivity index (χ0v) is 19.8. The van der Waals surface area contributed by atoms with Crippen LogP contribution >= 0.6 is 34.0 Å². The summed E-state index contributed by atoms with van der Waals surface area (Å²) in [5.74, 6) is 0. The number of pyridine rings is 1. The minimum atomic E-state index is 0.0877. The molecule has 0 N–H and O–H groups in total. The van der Waals surface area contributed by atoms with E-state index in [2.05, 4.69) is 74.9 Å². The number of aryl methyl sites for hydroxylation is 1. The average molecular weight is 444 g/mol. The van der Waals surface area contributed by atoms with Gasteiger partial charge in [-0.25, -0.2) is 0 Å². The molecule has 0 unspecified atom stereocenters. The molecule has 0 aliphatic rings. The Hall–Kier alpha value is -2.27. The van der Waals surface area contributed by atoms with Gasteiger partial charge in [0.1, 0.15) is 0 Å². The highest BCUT2D eigenvalue weighted by atomic mass is 32.1. The smallest absolute Gasteiger partial charge is 0.0795 e. The van der Waals surface area contributed by atoms with E-state index in [1.165, 1.54) is 57.0 Å². The van der Waals surface area contributed by atoms with E-state index in [0.29, 0.717) is 0 Å². The Kier molecular flexibility index (Phi) is 3.92. The van der Waals surface area contributed by atoms with Gasteiger partial charge in [-0.05, 0) is 69.3 Å². The molecule has 0 saturated heterocycles. The summed E-state index contributed by atoms with van der Waals surface area (Å²) in [5, 5.41) is 9.79. The number of benzene rings is 2. The van der Waals surface area contributed by atoms with Crippen LogP contribution in [0.15, 0.2) is 53.4 Å². The fraction of sp³-hybridized carbons (Fsp3) is 0.192. The van der Waals surface area contributed by atoms with Crippen LogP contribution in [0.4, 0.5) is 0 Å². The summed E-state index contributed by atoms with van der Waals surface area (Å²) in [5.41, 5.74) is 5.18. The second-order valence-corrected chi connectivity index (χ2v) is 11.8. The molecule has 4 heteroatoms. The Morgan fingerprint density at radius 1 is 0.867 bits per heavy atom. The topological polar surface area (TPSA) is 12.9 Å². The van der Waals surface area contributed by atoms with E-state index >= 15 is 0 Å². The molecule has 1 nitrogen and oxygen atoms in total. The predicted molar refractivity (Wildman–Crippen MR) is 137 cm³/mol. The van der Waals surface area contributed by atoms with E-state index in [4.69, 9.17) is 4.98 Å². The number of nitrogens with zero attached hydrogens (tertiary/aromatic N) is 1. The second-order valence-electron chi connectivity index (χ2n) is 8.99. The van der Waals surface area contributed by atoms with Crippen LogP contribution in [0, 0.1) is 6.92 Å². The van der Waals surface area contributed by atoms with Crippen LogP contribution in [0.3, 0.4) is 0 Å². The average Bonchev–Trinajstić information content (AvgIpc) is 3.42. The third-order valence-corrected chi connectivity index (χ3v) is 9.33. The molecule has 148 valence electrons. The molecule has 0 aliphatic heterocycles. The Bertz CT molecular complexity index is 1590. The summed E-state index contributed by atoms with van der Waals surface area (Å²) >= 11 is 5.60. The van der Waals surface area contributed by atoms with E-state index in [9.17, 15) is 0 Å². The van der Waals surface area contributed by atoms with Crippen molar-refractivity contribution in [1.82, 2.24) is 4.98 Å². The summed E-state index contributed by atoms with van der Waals surface area (Å²) < 4.78 is 5.50. The van der Waals surface area contributed by atoms with Gasteiger partial charge >= 0.3 is 0 Å².